The van der Waals surface area contributed by atoms with Gasteiger partial charge in [0.25, 0.3) is 5.91 Å². The molecule has 4 heteroatoms. The van der Waals surface area contributed by atoms with Gasteiger partial charge in [-0.05, 0) is 50.1 Å². The summed E-state index contributed by atoms with van der Waals surface area (Å²) in [6.07, 6.45) is 0.922. The number of amides is 1. The fourth-order valence-corrected chi connectivity index (χ4v) is 2.29. The second kappa shape index (κ2) is 6.98. The number of nitrogens with one attached hydrogen (secondary N) is 2. The average Bonchev–Trinajstić information content (AvgIpc) is 2.48. The van der Waals surface area contributed by atoms with Gasteiger partial charge < -0.3 is 16.4 Å². The van der Waals surface area contributed by atoms with Gasteiger partial charge in [-0.1, -0.05) is 25.1 Å². The Morgan fingerprint density at radius 2 is 1.86 bits per heavy atom. The summed E-state index contributed by atoms with van der Waals surface area (Å²) in [6, 6.07) is 13.5. The van der Waals surface area contributed by atoms with Crippen molar-refractivity contribution in [1.82, 2.24) is 5.32 Å². The van der Waals surface area contributed by atoms with Gasteiger partial charge in [0.15, 0.2) is 0 Å². The zero-order valence-electron chi connectivity index (χ0n) is 13.3. The van der Waals surface area contributed by atoms with Crippen LogP contribution in [0.5, 0.6) is 0 Å². The quantitative estimate of drug-likeness (QED) is 0.737. The molecule has 2 rings (SSSR count). The van der Waals surface area contributed by atoms with Crippen molar-refractivity contribution in [3.05, 3.63) is 53.6 Å². The van der Waals surface area contributed by atoms with Crippen LogP contribution in [0.2, 0.25) is 0 Å². The highest BCUT2D eigenvalue weighted by molar-refractivity contribution is 6.01. The second-order valence-corrected chi connectivity index (χ2v) is 5.57. The molecule has 0 unspecified atom stereocenters. The van der Waals surface area contributed by atoms with Gasteiger partial charge in [-0.2, -0.15) is 0 Å². The maximum absolute atomic E-state index is 12.4. The lowest BCUT2D eigenvalue weighted by atomic mass is 10.1. The molecule has 1 amide bonds. The highest BCUT2D eigenvalue weighted by Crippen LogP contribution is 2.26. The monoisotopic (exact) mass is 297 g/mol. The summed E-state index contributed by atoms with van der Waals surface area (Å²) in [5, 5.41) is 6.26. The Labute approximate surface area is 131 Å². The predicted molar refractivity (Wildman–Crippen MR) is 92.6 cm³/mol. The molecule has 2 aromatic rings. The van der Waals surface area contributed by atoms with Crippen LogP contribution in [-0.4, -0.2) is 11.9 Å². The topological polar surface area (TPSA) is 67.1 Å². The van der Waals surface area contributed by atoms with E-state index in [0.29, 0.717) is 11.3 Å². The van der Waals surface area contributed by atoms with E-state index >= 15 is 0 Å². The Bertz CT molecular complexity index is 665. The number of benzene rings is 2. The van der Waals surface area contributed by atoms with Gasteiger partial charge in [0, 0.05) is 17.4 Å². The first-order valence-corrected chi connectivity index (χ1v) is 7.56. The first kappa shape index (κ1) is 15.9. The molecular weight excluding hydrogens is 274 g/mol. The Hall–Kier alpha value is -2.49. The van der Waals surface area contributed by atoms with Crippen LogP contribution in [0.25, 0.3) is 0 Å². The Morgan fingerprint density at radius 3 is 2.55 bits per heavy atom. The maximum Gasteiger partial charge on any atom is 0.253 e. The van der Waals surface area contributed by atoms with Crippen molar-refractivity contribution in [1.29, 1.82) is 0 Å². The summed E-state index contributed by atoms with van der Waals surface area (Å²) in [5.74, 6) is -0.126. The summed E-state index contributed by atoms with van der Waals surface area (Å²) >= 11 is 0. The molecule has 22 heavy (non-hydrogen) atoms. The minimum Gasteiger partial charge on any atom is -0.399 e. The Kier molecular flexibility index (Phi) is 5.04. The van der Waals surface area contributed by atoms with Crippen molar-refractivity contribution in [3.8, 4) is 0 Å². The van der Waals surface area contributed by atoms with Crippen molar-refractivity contribution < 1.29 is 4.79 Å². The normalized spacial score (nSPS) is 10.5. The lowest BCUT2D eigenvalue weighted by Crippen LogP contribution is -2.30. The number of hydrogen-bond acceptors (Lipinski definition) is 3. The van der Waals surface area contributed by atoms with Crippen LogP contribution in [0.3, 0.4) is 0 Å². The van der Waals surface area contributed by atoms with Gasteiger partial charge in [0.2, 0.25) is 0 Å². The van der Waals surface area contributed by atoms with Gasteiger partial charge in [0.1, 0.15) is 0 Å². The first-order valence-electron chi connectivity index (χ1n) is 7.56. The van der Waals surface area contributed by atoms with Crippen molar-refractivity contribution in [2.45, 2.75) is 33.2 Å². The fraction of sp³-hybridized carbons (Fsp3) is 0.278. The highest BCUT2D eigenvalue weighted by Gasteiger charge is 2.13. The van der Waals surface area contributed by atoms with Crippen LogP contribution in [0.1, 0.15) is 36.7 Å². The molecule has 0 saturated heterocycles. The van der Waals surface area contributed by atoms with E-state index in [9.17, 15) is 4.79 Å². The minimum absolute atomic E-state index is 0.0738. The number of rotatable bonds is 5. The van der Waals surface area contributed by atoms with E-state index < -0.39 is 0 Å². The van der Waals surface area contributed by atoms with Crippen molar-refractivity contribution >= 4 is 23.0 Å². The van der Waals surface area contributed by atoms with Crippen molar-refractivity contribution in [3.63, 3.8) is 0 Å². The van der Waals surface area contributed by atoms with Crippen LogP contribution in [0.15, 0.2) is 42.5 Å². The molecule has 0 radical (unpaired) electrons. The summed E-state index contributed by atoms with van der Waals surface area (Å²) in [6.45, 7) is 5.98. The van der Waals surface area contributed by atoms with Crippen LogP contribution < -0.4 is 16.4 Å². The second-order valence-electron chi connectivity index (χ2n) is 5.57. The SMILES string of the molecule is CCc1ccccc1Nc1ccc(N)cc1C(=O)NC(C)C. The van der Waals surface area contributed by atoms with Gasteiger partial charge in [-0.3, -0.25) is 4.79 Å². The van der Waals surface area contributed by atoms with Crippen LogP contribution in [0.4, 0.5) is 17.1 Å². The molecule has 0 atom stereocenters. The van der Waals surface area contributed by atoms with Crippen molar-refractivity contribution in [2.24, 2.45) is 0 Å². The number of carbonyl (C=O) groups excluding carboxylic acids is 1. The third kappa shape index (κ3) is 3.79. The number of nitrogen functional groups attached to an aromatic ring is 1. The Morgan fingerprint density at radius 1 is 1.14 bits per heavy atom. The average molecular weight is 297 g/mol. The summed E-state index contributed by atoms with van der Waals surface area (Å²) in [4.78, 5) is 12.4. The zero-order chi connectivity index (χ0) is 16.1. The molecule has 0 aliphatic rings. The van der Waals surface area contributed by atoms with E-state index in [1.54, 1.807) is 12.1 Å². The van der Waals surface area contributed by atoms with Crippen LogP contribution in [-0.2, 0) is 6.42 Å². The molecule has 0 aromatic heterocycles. The van der Waals surface area contributed by atoms with Crippen molar-refractivity contribution in [2.75, 3.05) is 11.1 Å². The zero-order valence-corrected chi connectivity index (χ0v) is 13.3. The summed E-state index contributed by atoms with van der Waals surface area (Å²) in [7, 11) is 0. The van der Waals surface area contributed by atoms with Gasteiger partial charge in [0.05, 0.1) is 11.3 Å². The molecule has 0 fully saturated rings. The van der Waals surface area contributed by atoms with E-state index in [1.807, 2.05) is 38.1 Å². The van der Waals surface area contributed by atoms with E-state index in [2.05, 4.69) is 23.6 Å². The largest absolute Gasteiger partial charge is 0.399 e. The smallest absolute Gasteiger partial charge is 0.253 e. The molecule has 0 aliphatic heterocycles. The maximum atomic E-state index is 12.4. The number of anilines is 3. The molecule has 0 aliphatic carbocycles. The number of carbonyl (C=O) groups is 1. The first-order chi connectivity index (χ1) is 10.5. The van der Waals surface area contributed by atoms with Crippen LogP contribution in [0, 0.1) is 0 Å². The molecule has 0 saturated carbocycles. The molecule has 116 valence electrons. The third-order valence-electron chi connectivity index (χ3n) is 3.38. The number of aryl methyl sites for hydroxylation is 1. The van der Waals surface area contributed by atoms with E-state index in [1.165, 1.54) is 5.56 Å². The summed E-state index contributed by atoms with van der Waals surface area (Å²) in [5.41, 5.74) is 9.93. The third-order valence-corrected chi connectivity index (χ3v) is 3.38. The highest BCUT2D eigenvalue weighted by atomic mass is 16.1. The van der Waals surface area contributed by atoms with Gasteiger partial charge >= 0.3 is 0 Å². The summed E-state index contributed by atoms with van der Waals surface area (Å²) < 4.78 is 0. The fourth-order valence-electron chi connectivity index (χ4n) is 2.29. The standard InChI is InChI=1S/C18H23N3O/c1-4-13-7-5-6-8-16(13)21-17-10-9-14(19)11-15(17)18(22)20-12(2)3/h5-12,21H,4,19H2,1-3H3,(H,20,22). The molecule has 0 heterocycles. The Balaban J connectivity index is 2.36. The molecular formula is C18H23N3O. The molecule has 4 N–H and O–H groups in total. The number of nitrogens with two attached hydrogens (primary N) is 1. The number of para-hydroxylation sites is 1. The number of hydrogen-bond donors (Lipinski definition) is 3. The lowest BCUT2D eigenvalue weighted by molar-refractivity contribution is 0.0944. The van der Waals surface area contributed by atoms with Gasteiger partial charge in [-0.25, -0.2) is 0 Å². The van der Waals surface area contributed by atoms with E-state index in [4.69, 9.17) is 5.73 Å². The van der Waals surface area contributed by atoms with Gasteiger partial charge in [-0.15, -0.1) is 0 Å². The lowest BCUT2D eigenvalue weighted by Gasteiger charge is -2.16. The molecule has 2 aromatic carbocycles. The van der Waals surface area contributed by atoms with E-state index in [-0.39, 0.29) is 11.9 Å². The molecule has 0 bridgehead atoms. The minimum atomic E-state index is -0.126. The molecule has 0 spiro atoms. The molecule has 4 nitrogen and oxygen atoms in total. The van der Waals surface area contributed by atoms with E-state index in [0.717, 1.165) is 17.8 Å². The van der Waals surface area contributed by atoms with Crippen LogP contribution >= 0.6 is 0 Å². The predicted octanol–water partition coefficient (Wildman–Crippen LogP) is 3.71.